The predicted octanol–water partition coefficient (Wildman–Crippen LogP) is 5.70. The molecule has 1 aliphatic heterocycles. The molecule has 1 fully saturated rings. The minimum Gasteiger partial charge on any atom is -0.496 e. The summed E-state index contributed by atoms with van der Waals surface area (Å²) in [6, 6.07) is 10.7. The predicted molar refractivity (Wildman–Crippen MR) is 164 cm³/mol. The normalized spacial score (nSPS) is 15.6. The highest BCUT2D eigenvalue weighted by molar-refractivity contribution is 6.34. The van der Waals surface area contributed by atoms with E-state index in [1.807, 2.05) is 12.1 Å². The Bertz CT molecular complexity index is 1810. The fourth-order valence-electron chi connectivity index (χ4n) is 6.03. The van der Waals surface area contributed by atoms with Gasteiger partial charge in [-0.1, -0.05) is 23.2 Å². The van der Waals surface area contributed by atoms with Crippen LogP contribution in [0.2, 0.25) is 10.0 Å². The van der Waals surface area contributed by atoms with Crippen molar-refractivity contribution in [1.29, 1.82) is 0 Å². The number of hydrogen-bond donors (Lipinski definition) is 1. The molecule has 2 aromatic heterocycles. The molecule has 220 valence electrons. The summed E-state index contributed by atoms with van der Waals surface area (Å²) < 4.78 is 7.46. The first-order chi connectivity index (χ1) is 20.5. The number of nitrogens with two attached hydrogens (primary N) is 1. The summed E-state index contributed by atoms with van der Waals surface area (Å²) in [5, 5.41) is 5.72. The maximum absolute atomic E-state index is 14.2. The first kappa shape index (κ1) is 28.9. The molecule has 6 rings (SSSR count). The molecule has 2 N–H and O–H groups in total. The van der Waals surface area contributed by atoms with Gasteiger partial charge in [-0.2, -0.15) is 5.10 Å². The van der Waals surface area contributed by atoms with E-state index >= 15 is 0 Å². The van der Waals surface area contributed by atoms with Crippen molar-refractivity contribution >= 4 is 40.8 Å². The number of ketones is 1. The fourth-order valence-corrected chi connectivity index (χ4v) is 6.54. The van der Waals surface area contributed by atoms with E-state index in [1.54, 1.807) is 61.0 Å². The standard InChI is InChI=1S/C32H29Cl2N5O4/c1-32(2)27(40)5-4-8-38(32)31(42)28-23-7-6-17-10-26(43-3)24(18-9-19(30(35)41)16-36-15-18)14-25(17)29(23)39(37-28)22-12-20(33)11-21(34)13-22/h9-16H,4-8H2,1-3H3,(H2,35,41). The van der Waals surface area contributed by atoms with Crippen LogP contribution >= 0.6 is 23.2 Å². The second kappa shape index (κ2) is 10.8. The number of carbonyl (C=O) groups excluding carboxylic acids is 3. The highest BCUT2D eigenvalue weighted by Crippen LogP contribution is 2.44. The van der Waals surface area contributed by atoms with Gasteiger partial charge >= 0.3 is 0 Å². The van der Waals surface area contributed by atoms with Crippen LogP contribution in [0, 0.1) is 0 Å². The molecule has 1 saturated heterocycles. The van der Waals surface area contributed by atoms with Crippen molar-refractivity contribution < 1.29 is 19.1 Å². The van der Waals surface area contributed by atoms with E-state index in [2.05, 4.69) is 4.98 Å². The van der Waals surface area contributed by atoms with Crippen LogP contribution in [0.5, 0.6) is 5.75 Å². The van der Waals surface area contributed by atoms with Crippen molar-refractivity contribution in [2.75, 3.05) is 13.7 Å². The Labute approximate surface area is 258 Å². The Morgan fingerprint density at radius 2 is 1.72 bits per heavy atom. The smallest absolute Gasteiger partial charge is 0.275 e. The number of piperidine rings is 1. The molecule has 2 amide bonds. The summed E-state index contributed by atoms with van der Waals surface area (Å²) in [4.78, 5) is 44.8. The van der Waals surface area contributed by atoms with Crippen LogP contribution in [0.1, 0.15) is 58.7 Å². The average molecular weight is 619 g/mol. The topological polar surface area (TPSA) is 120 Å². The molecule has 43 heavy (non-hydrogen) atoms. The van der Waals surface area contributed by atoms with Gasteiger partial charge in [0.2, 0.25) is 5.91 Å². The lowest BCUT2D eigenvalue weighted by molar-refractivity contribution is -0.130. The largest absolute Gasteiger partial charge is 0.496 e. The molecular weight excluding hydrogens is 589 g/mol. The first-order valence-corrected chi connectivity index (χ1v) is 14.7. The molecule has 0 bridgehead atoms. The van der Waals surface area contributed by atoms with E-state index in [0.717, 1.165) is 16.7 Å². The van der Waals surface area contributed by atoms with Gasteiger partial charge in [-0.25, -0.2) is 4.68 Å². The quantitative estimate of drug-likeness (QED) is 0.307. The molecule has 1 aliphatic carbocycles. The van der Waals surface area contributed by atoms with Gasteiger partial charge in [0.25, 0.3) is 5.91 Å². The van der Waals surface area contributed by atoms with Crippen molar-refractivity contribution in [3.63, 3.8) is 0 Å². The van der Waals surface area contributed by atoms with Gasteiger partial charge in [-0.3, -0.25) is 19.4 Å². The molecule has 0 unspecified atom stereocenters. The van der Waals surface area contributed by atoms with E-state index in [0.29, 0.717) is 70.5 Å². The van der Waals surface area contributed by atoms with E-state index in [9.17, 15) is 14.4 Å². The molecule has 0 atom stereocenters. The molecule has 3 heterocycles. The summed E-state index contributed by atoms with van der Waals surface area (Å²) in [5.41, 5.74) is 10.4. The monoisotopic (exact) mass is 617 g/mol. The summed E-state index contributed by atoms with van der Waals surface area (Å²) in [7, 11) is 1.58. The maximum atomic E-state index is 14.2. The number of Topliss-reactive ketones (excluding diaryl/α,β-unsaturated/α-hetero) is 1. The van der Waals surface area contributed by atoms with E-state index in [4.69, 9.17) is 38.8 Å². The third-order valence-electron chi connectivity index (χ3n) is 8.32. The van der Waals surface area contributed by atoms with Crippen molar-refractivity contribution in [2.45, 2.75) is 45.1 Å². The Kier molecular flexibility index (Phi) is 7.26. The summed E-state index contributed by atoms with van der Waals surface area (Å²) >= 11 is 12.8. The van der Waals surface area contributed by atoms with Crippen LogP contribution in [-0.2, 0) is 17.6 Å². The Balaban J connectivity index is 1.59. The molecular formula is C32H29Cl2N5O4. The number of benzene rings is 2. The number of nitrogens with zero attached hydrogens (tertiary/aromatic N) is 4. The second-order valence-corrected chi connectivity index (χ2v) is 12.2. The van der Waals surface area contributed by atoms with Crippen LogP contribution in [0.4, 0.5) is 0 Å². The van der Waals surface area contributed by atoms with Gasteiger partial charge in [-0.05, 0) is 75.1 Å². The fraction of sp³-hybridized carbons (Fsp3) is 0.281. The Morgan fingerprint density at radius 1 is 0.977 bits per heavy atom. The molecule has 0 spiro atoms. The average Bonchev–Trinajstić information content (AvgIpc) is 3.37. The zero-order valence-corrected chi connectivity index (χ0v) is 25.4. The Morgan fingerprint density at radius 3 is 2.42 bits per heavy atom. The van der Waals surface area contributed by atoms with Gasteiger partial charge in [0.05, 0.1) is 29.6 Å². The van der Waals surface area contributed by atoms with Gasteiger partial charge in [-0.15, -0.1) is 0 Å². The number of pyridine rings is 1. The number of fused-ring (bicyclic) bond motifs is 3. The number of ether oxygens (including phenoxy) is 1. The minimum absolute atomic E-state index is 0.0240. The lowest BCUT2D eigenvalue weighted by Crippen LogP contribution is -2.56. The van der Waals surface area contributed by atoms with Crippen LogP contribution in [0.15, 0.2) is 48.8 Å². The first-order valence-electron chi connectivity index (χ1n) is 13.9. The van der Waals surface area contributed by atoms with Gasteiger partial charge in [0, 0.05) is 57.7 Å². The molecule has 9 nitrogen and oxygen atoms in total. The van der Waals surface area contributed by atoms with Crippen molar-refractivity contribution in [3.05, 3.63) is 81.2 Å². The number of halogens is 2. The van der Waals surface area contributed by atoms with Crippen molar-refractivity contribution in [1.82, 2.24) is 19.7 Å². The number of primary amides is 1. The number of methoxy groups -OCH3 is 1. The SMILES string of the molecule is COc1cc2c(cc1-c1cncc(C(N)=O)c1)-c1c(c(C(=O)N3CCCC(=O)C3(C)C)nn1-c1cc(Cl)cc(Cl)c1)CC2. The van der Waals surface area contributed by atoms with E-state index < -0.39 is 11.4 Å². The number of aromatic nitrogens is 3. The molecule has 2 aromatic carbocycles. The minimum atomic E-state index is -0.948. The van der Waals surface area contributed by atoms with Crippen LogP contribution in [0.3, 0.4) is 0 Å². The highest BCUT2D eigenvalue weighted by atomic mass is 35.5. The van der Waals surface area contributed by atoms with Gasteiger partial charge < -0.3 is 15.4 Å². The third-order valence-corrected chi connectivity index (χ3v) is 8.76. The molecule has 0 saturated carbocycles. The number of aryl methyl sites for hydroxylation is 1. The van der Waals surface area contributed by atoms with Crippen LogP contribution in [-0.4, -0.2) is 56.5 Å². The zero-order valence-electron chi connectivity index (χ0n) is 23.9. The zero-order chi connectivity index (χ0) is 30.6. The van der Waals surface area contributed by atoms with Crippen LogP contribution in [0.25, 0.3) is 28.1 Å². The van der Waals surface area contributed by atoms with Gasteiger partial charge in [0.15, 0.2) is 11.5 Å². The number of hydrogen-bond acceptors (Lipinski definition) is 6. The summed E-state index contributed by atoms with van der Waals surface area (Å²) in [6.45, 7) is 4.03. The molecule has 2 aliphatic rings. The summed E-state index contributed by atoms with van der Waals surface area (Å²) in [6.07, 6.45) is 5.26. The lowest BCUT2D eigenvalue weighted by atomic mass is 9.85. The van der Waals surface area contributed by atoms with Crippen molar-refractivity contribution in [2.24, 2.45) is 5.73 Å². The van der Waals surface area contributed by atoms with Crippen molar-refractivity contribution in [3.8, 4) is 33.8 Å². The highest BCUT2D eigenvalue weighted by Gasteiger charge is 2.42. The molecule has 4 aromatic rings. The molecule has 11 heteroatoms. The lowest BCUT2D eigenvalue weighted by Gasteiger charge is -2.40. The van der Waals surface area contributed by atoms with Crippen LogP contribution < -0.4 is 10.5 Å². The second-order valence-electron chi connectivity index (χ2n) is 11.3. The summed E-state index contributed by atoms with van der Waals surface area (Å²) in [5.74, 6) is -0.258. The number of likely N-dealkylation sites (tertiary alicyclic amines) is 1. The van der Waals surface area contributed by atoms with E-state index in [-0.39, 0.29) is 22.9 Å². The van der Waals surface area contributed by atoms with Gasteiger partial charge in [0.1, 0.15) is 5.75 Å². The Hall–Kier alpha value is -4.21. The third kappa shape index (κ3) is 4.96. The number of carbonyl (C=O) groups is 3. The number of rotatable bonds is 5. The molecule has 0 radical (unpaired) electrons. The van der Waals surface area contributed by atoms with E-state index in [1.165, 1.54) is 6.20 Å². The number of amides is 2. The maximum Gasteiger partial charge on any atom is 0.275 e.